The van der Waals surface area contributed by atoms with Crippen LogP contribution in [0.5, 0.6) is 0 Å². The summed E-state index contributed by atoms with van der Waals surface area (Å²) in [4.78, 5) is 11.8. The third kappa shape index (κ3) is 6.31. The van der Waals surface area contributed by atoms with Crippen molar-refractivity contribution in [1.29, 1.82) is 0 Å². The van der Waals surface area contributed by atoms with Crippen LogP contribution in [0, 0.1) is 11.7 Å². The zero-order chi connectivity index (χ0) is 20.5. The maximum absolute atomic E-state index is 14.0. The van der Waals surface area contributed by atoms with E-state index in [1.54, 1.807) is 19.2 Å². The number of para-hydroxylation sites is 1. The van der Waals surface area contributed by atoms with Crippen molar-refractivity contribution in [3.05, 3.63) is 30.1 Å². The molecule has 162 valence electrons. The quantitative estimate of drug-likeness (QED) is 0.408. The van der Waals surface area contributed by atoms with E-state index in [4.69, 9.17) is 9.73 Å². The molecule has 1 N–H and O–H groups in total. The summed E-state index contributed by atoms with van der Waals surface area (Å²) < 4.78 is 19.3. The zero-order valence-electron chi connectivity index (χ0n) is 17.9. The Kier molecular flexibility index (Phi) is 8.55. The lowest BCUT2D eigenvalue weighted by atomic mass is 10.1. The highest BCUT2D eigenvalue weighted by Crippen LogP contribution is 2.20. The number of hydrogen-bond donors (Lipinski definition) is 1. The standard InChI is InChI=1S/C22H36FN5O/c1-3-24-22(28-12-9-19(17-28)18-29-2)25-10-6-11-26-13-15-27(16-14-26)21-8-5-4-7-20(21)23/h4-5,7-8,19H,3,6,9-18H2,1-2H3,(H,24,25). The molecule has 2 saturated heterocycles. The summed E-state index contributed by atoms with van der Waals surface area (Å²) in [7, 11) is 1.78. The van der Waals surface area contributed by atoms with Gasteiger partial charge in [0.15, 0.2) is 5.96 Å². The molecular weight excluding hydrogens is 369 g/mol. The summed E-state index contributed by atoms with van der Waals surface area (Å²) >= 11 is 0. The Labute approximate surface area is 174 Å². The molecule has 2 heterocycles. The van der Waals surface area contributed by atoms with Gasteiger partial charge in [-0.2, -0.15) is 0 Å². The van der Waals surface area contributed by atoms with Crippen LogP contribution in [0.4, 0.5) is 10.1 Å². The van der Waals surface area contributed by atoms with E-state index in [0.717, 1.165) is 83.6 Å². The van der Waals surface area contributed by atoms with Crippen LogP contribution >= 0.6 is 0 Å². The lowest BCUT2D eigenvalue weighted by molar-refractivity contribution is 0.157. The molecule has 0 saturated carbocycles. The smallest absolute Gasteiger partial charge is 0.193 e. The first kappa shape index (κ1) is 21.8. The lowest BCUT2D eigenvalue weighted by Gasteiger charge is -2.36. The number of nitrogens with zero attached hydrogens (tertiary/aromatic N) is 4. The van der Waals surface area contributed by atoms with Gasteiger partial charge in [-0.3, -0.25) is 9.89 Å². The van der Waals surface area contributed by atoms with Crippen molar-refractivity contribution in [2.24, 2.45) is 10.9 Å². The second-order valence-electron chi connectivity index (χ2n) is 7.93. The van der Waals surface area contributed by atoms with Gasteiger partial charge >= 0.3 is 0 Å². The van der Waals surface area contributed by atoms with Crippen LogP contribution in [0.15, 0.2) is 29.3 Å². The third-order valence-corrected chi connectivity index (χ3v) is 5.78. The number of ether oxygens (including phenoxy) is 1. The zero-order valence-corrected chi connectivity index (χ0v) is 17.9. The molecule has 2 fully saturated rings. The molecule has 0 radical (unpaired) electrons. The fraction of sp³-hybridized carbons (Fsp3) is 0.682. The van der Waals surface area contributed by atoms with Crippen molar-refractivity contribution in [3.8, 4) is 0 Å². The van der Waals surface area contributed by atoms with Crippen molar-refractivity contribution in [3.63, 3.8) is 0 Å². The van der Waals surface area contributed by atoms with E-state index >= 15 is 0 Å². The van der Waals surface area contributed by atoms with Crippen molar-refractivity contribution in [1.82, 2.24) is 15.1 Å². The molecule has 7 heteroatoms. The van der Waals surface area contributed by atoms with Crippen molar-refractivity contribution in [2.45, 2.75) is 19.8 Å². The van der Waals surface area contributed by atoms with E-state index in [0.29, 0.717) is 5.92 Å². The van der Waals surface area contributed by atoms with Gasteiger partial charge in [0.2, 0.25) is 0 Å². The molecule has 0 aromatic heterocycles. The minimum Gasteiger partial charge on any atom is -0.384 e. The van der Waals surface area contributed by atoms with Crippen LogP contribution in [0.2, 0.25) is 0 Å². The number of rotatable bonds is 8. The number of likely N-dealkylation sites (tertiary alicyclic amines) is 1. The number of benzene rings is 1. The maximum atomic E-state index is 14.0. The Balaban J connectivity index is 1.39. The van der Waals surface area contributed by atoms with E-state index in [1.807, 2.05) is 12.1 Å². The molecule has 1 aromatic carbocycles. The number of piperazine rings is 1. The normalized spacial score (nSPS) is 21.1. The molecule has 1 aromatic rings. The SMILES string of the molecule is CCNC(=NCCCN1CCN(c2ccccc2F)CC1)N1CCC(COC)C1. The summed E-state index contributed by atoms with van der Waals surface area (Å²) in [5, 5.41) is 3.43. The molecule has 6 nitrogen and oxygen atoms in total. The lowest BCUT2D eigenvalue weighted by Crippen LogP contribution is -2.47. The largest absolute Gasteiger partial charge is 0.384 e. The number of hydrogen-bond acceptors (Lipinski definition) is 4. The summed E-state index contributed by atoms with van der Waals surface area (Å²) in [6.45, 7) is 11.5. The summed E-state index contributed by atoms with van der Waals surface area (Å²) in [5.74, 6) is 1.52. The Morgan fingerprint density at radius 1 is 1.21 bits per heavy atom. The second-order valence-corrected chi connectivity index (χ2v) is 7.93. The van der Waals surface area contributed by atoms with E-state index in [9.17, 15) is 4.39 Å². The van der Waals surface area contributed by atoms with Crippen LogP contribution in [-0.2, 0) is 4.74 Å². The van der Waals surface area contributed by atoms with E-state index in [-0.39, 0.29) is 5.82 Å². The minimum atomic E-state index is -0.124. The van der Waals surface area contributed by atoms with Gasteiger partial charge in [0.1, 0.15) is 5.82 Å². The third-order valence-electron chi connectivity index (χ3n) is 5.78. The van der Waals surface area contributed by atoms with Gasteiger partial charge in [-0.05, 0) is 31.9 Å². The molecule has 0 aliphatic carbocycles. The van der Waals surface area contributed by atoms with Crippen LogP contribution in [0.1, 0.15) is 19.8 Å². The summed E-state index contributed by atoms with van der Waals surface area (Å²) in [6, 6.07) is 7.07. The first-order chi connectivity index (χ1) is 14.2. The number of aliphatic imine (C=N–C) groups is 1. The van der Waals surface area contributed by atoms with Gasteiger partial charge in [-0.15, -0.1) is 0 Å². The van der Waals surface area contributed by atoms with Crippen molar-refractivity contribution in [2.75, 3.05) is 77.5 Å². The van der Waals surface area contributed by atoms with Gasteiger partial charge in [-0.1, -0.05) is 12.1 Å². The highest BCUT2D eigenvalue weighted by molar-refractivity contribution is 5.80. The Bertz CT molecular complexity index is 648. The monoisotopic (exact) mass is 405 g/mol. The topological polar surface area (TPSA) is 43.3 Å². The summed E-state index contributed by atoms with van der Waals surface area (Å²) in [6.07, 6.45) is 2.22. The molecule has 0 amide bonds. The average Bonchev–Trinajstić information content (AvgIpc) is 3.20. The van der Waals surface area contributed by atoms with E-state index < -0.39 is 0 Å². The Morgan fingerprint density at radius 2 is 2.00 bits per heavy atom. The van der Waals surface area contributed by atoms with Gasteiger partial charge < -0.3 is 19.9 Å². The molecule has 0 bridgehead atoms. The number of halogens is 1. The molecule has 1 unspecified atom stereocenters. The first-order valence-electron chi connectivity index (χ1n) is 10.9. The van der Waals surface area contributed by atoms with Crippen LogP contribution < -0.4 is 10.2 Å². The molecule has 2 aliphatic rings. The highest BCUT2D eigenvalue weighted by Gasteiger charge is 2.24. The molecule has 3 rings (SSSR count). The number of anilines is 1. The molecular formula is C22H36FN5O. The molecule has 2 aliphatic heterocycles. The predicted octanol–water partition coefficient (Wildman–Crippen LogP) is 2.27. The predicted molar refractivity (Wildman–Crippen MR) is 117 cm³/mol. The van der Waals surface area contributed by atoms with Crippen LogP contribution in [0.25, 0.3) is 0 Å². The number of guanidine groups is 1. The van der Waals surface area contributed by atoms with E-state index in [2.05, 4.69) is 26.9 Å². The van der Waals surface area contributed by atoms with Crippen molar-refractivity contribution >= 4 is 11.6 Å². The van der Waals surface area contributed by atoms with Gasteiger partial charge in [-0.25, -0.2) is 4.39 Å². The molecule has 0 spiro atoms. The van der Waals surface area contributed by atoms with Crippen LogP contribution in [-0.4, -0.2) is 88.4 Å². The minimum absolute atomic E-state index is 0.124. The second kappa shape index (κ2) is 11.4. The number of methoxy groups -OCH3 is 1. The number of nitrogens with one attached hydrogen (secondary N) is 1. The van der Waals surface area contributed by atoms with E-state index in [1.165, 1.54) is 6.42 Å². The van der Waals surface area contributed by atoms with Crippen molar-refractivity contribution < 1.29 is 9.13 Å². The molecule has 1 atom stereocenters. The first-order valence-corrected chi connectivity index (χ1v) is 10.9. The molecule has 29 heavy (non-hydrogen) atoms. The van der Waals surface area contributed by atoms with Gasteiger partial charge in [0.05, 0.1) is 12.3 Å². The Hall–Kier alpha value is -1.86. The average molecular weight is 406 g/mol. The maximum Gasteiger partial charge on any atom is 0.193 e. The van der Waals surface area contributed by atoms with Gasteiger partial charge in [0.25, 0.3) is 0 Å². The Morgan fingerprint density at radius 3 is 2.72 bits per heavy atom. The summed E-state index contributed by atoms with van der Waals surface area (Å²) in [5.41, 5.74) is 0.726. The van der Waals surface area contributed by atoms with Gasteiger partial charge in [0, 0.05) is 71.9 Å². The van der Waals surface area contributed by atoms with Crippen LogP contribution in [0.3, 0.4) is 0 Å². The fourth-order valence-corrected chi connectivity index (χ4v) is 4.22. The highest BCUT2D eigenvalue weighted by atomic mass is 19.1. The fourth-order valence-electron chi connectivity index (χ4n) is 4.22.